The van der Waals surface area contributed by atoms with Gasteiger partial charge in [-0.25, -0.2) is 26.8 Å². The van der Waals surface area contributed by atoms with Crippen LogP contribution in [0.4, 0.5) is 16.8 Å². The molecule has 1 atom stereocenters. The van der Waals surface area contributed by atoms with Crippen molar-refractivity contribution in [2.24, 2.45) is 5.92 Å². The Hall–Kier alpha value is -2.54. The molecule has 0 saturated heterocycles. The van der Waals surface area contributed by atoms with Crippen LogP contribution in [0.25, 0.3) is 10.4 Å². The van der Waals surface area contributed by atoms with Crippen molar-refractivity contribution < 1.29 is 16.8 Å². The van der Waals surface area contributed by atoms with Crippen molar-refractivity contribution in [1.29, 1.82) is 0 Å². The Labute approximate surface area is 234 Å². The average Bonchev–Trinajstić information content (AvgIpc) is 3.81. The highest BCUT2D eigenvalue weighted by atomic mass is 32.2. The molecule has 1 N–H and O–H groups in total. The van der Waals surface area contributed by atoms with Crippen molar-refractivity contribution >= 4 is 48.0 Å². The van der Waals surface area contributed by atoms with Crippen LogP contribution in [0.1, 0.15) is 49.4 Å². The predicted octanol–water partition coefficient (Wildman–Crippen LogP) is 4.70. The van der Waals surface area contributed by atoms with Gasteiger partial charge < -0.3 is 5.32 Å². The number of thiazole rings is 1. The first-order valence-corrected chi connectivity index (χ1v) is 17.4. The van der Waals surface area contributed by atoms with Gasteiger partial charge in [-0.15, -0.1) is 0 Å². The minimum Gasteiger partial charge on any atom is -0.316 e. The number of hydrogen-bond acceptors (Lipinski definition) is 9. The average molecular weight is 588 g/mol. The van der Waals surface area contributed by atoms with Crippen molar-refractivity contribution in [1.82, 2.24) is 14.9 Å². The molecule has 39 heavy (non-hydrogen) atoms. The number of aromatic nitrogens is 2. The smallest absolute Gasteiger partial charge is 0.238 e. The Morgan fingerprint density at radius 2 is 1.82 bits per heavy atom. The molecule has 2 aromatic heterocycles. The van der Waals surface area contributed by atoms with E-state index in [0.717, 1.165) is 33.8 Å². The third kappa shape index (κ3) is 5.19. The second-order valence-electron chi connectivity index (χ2n) is 11.0. The van der Waals surface area contributed by atoms with Crippen LogP contribution in [0, 0.1) is 12.8 Å². The zero-order valence-electron chi connectivity index (χ0n) is 22.5. The fourth-order valence-corrected chi connectivity index (χ4v) is 8.83. The minimum absolute atomic E-state index is 0.321. The van der Waals surface area contributed by atoms with E-state index in [1.807, 2.05) is 6.92 Å². The number of hydrogen-bond donors (Lipinski definition) is 1. The number of benzene rings is 1. The van der Waals surface area contributed by atoms with Gasteiger partial charge in [0, 0.05) is 32.4 Å². The Kier molecular flexibility index (Phi) is 6.52. The minimum atomic E-state index is -3.42. The van der Waals surface area contributed by atoms with Gasteiger partial charge in [0.25, 0.3) is 0 Å². The standard InChI is InChI=1S/C27H33N5O4S3/c1-16-26(19-12-20-14-32(17(2)18-8-9-18)15-22(20)23(13-19)38(4,33)34)37-27(28-16)30-24-6-5-7-25(29-24)31(3)39(35,36)21-10-11-21/h5-7,12-13,17-18,21H,8-11,14-15H2,1-4H3,(H,28,29,30)/t17-/m0/s1. The van der Waals surface area contributed by atoms with E-state index in [1.165, 1.54) is 41.8 Å². The van der Waals surface area contributed by atoms with Gasteiger partial charge in [0.05, 0.1) is 20.7 Å². The van der Waals surface area contributed by atoms with E-state index in [9.17, 15) is 16.8 Å². The summed E-state index contributed by atoms with van der Waals surface area (Å²) in [6, 6.07) is 9.55. The molecule has 9 nitrogen and oxygen atoms in total. The summed E-state index contributed by atoms with van der Waals surface area (Å²) >= 11 is 1.43. The van der Waals surface area contributed by atoms with Crippen molar-refractivity contribution in [2.75, 3.05) is 22.9 Å². The fraction of sp³-hybridized carbons (Fsp3) is 0.481. The van der Waals surface area contributed by atoms with Crippen LogP contribution in [0.5, 0.6) is 0 Å². The van der Waals surface area contributed by atoms with Gasteiger partial charge in [-0.1, -0.05) is 17.4 Å². The summed E-state index contributed by atoms with van der Waals surface area (Å²) in [6.07, 6.45) is 5.15. The lowest BCUT2D eigenvalue weighted by Crippen LogP contribution is -2.30. The highest BCUT2D eigenvalue weighted by Crippen LogP contribution is 2.42. The van der Waals surface area contributed by atoms with Gasteiger partial charge in [-0.05, 0) is 86.4 Å². The van der Waals surface area contributed by atoms with Crippen molar-refractivity contribution in [3.8, 4) is 10.4 Å². The summed E-state index contributed by atoms with van der Waals surface area (Å²) < 4.78 is 52.2. The molecule has 208 valence electrons. The van der Waals surface area contributed by atoms with Gasteiger partial charge in [-0.3, -0.25) is 9.21 Å². The molecule has 3 aromatic rings. The van der Waals surface area contributed by atoms with Crippen LogP contribution in [0.3, 0.4) is 0 Å². The molecule has 0 bridgehead atoms. The van der Waals surface area contributed by atoms with Crippen molar-refractivity contribution in [3.63, 3.8) is 0 Å². The Bertz CT molecular complexity index is 1660. The summed E-state index contributed by atoms with van der Waals surface area (Å²) in [6.45, 7) is 5.57. The maximum Gasteiger partial charge on any atom is 0.238 e. The molecule has 2 aliphatic carbocycles. The number of nitrogens with zero attached hydrogens (tertiary/aromatic N) is 4. The van der Waals surface area contributed by atoms with E-state index in [1.54, 1.807) is 24.3 Å². The number of sulfonamides is 1. The summed E-state index contributed by atoms with van der Waals surface area (Å²) in [7, 11) is -5.28. The lowest BCUT2D eigenvalue weighted by molar-refractivity contribution is 0.192. The molecular formula is C27H33N5O4S3. The third-order valence-electron chi connectivity index (χ3n) is 7.99. The predicted molar refractivity (Wildman–Crippen MR) is 155 cm³/mol. The van der Waals surface area contributed by atoms with Crippen molar-refractivity contribution in [2.45, 2.75) is 68.8 Å². The SMILES string of the molecule is Cc1nc(Nc2cccc(N(C)S(=O)(=O)C3CC3)n2)sc1-c1cc2c(c(S(C)(=O)=O)c1)CN([C@@H](C)C1CC1)C2. The molecule has 2 saturated carbocycles. The van der Waals surface area contributed by atoms with Crippen molar-refractivity contribution in [3.05, 3.63) is 47.2 Å². The van der Waals surface area contributed by atoms with Gasteiger partial charge in [-0.2, -0.15) is 0 Å². The van der Waals surface area contributed by atoms with Gasteiger partial charge in [0.1, 0.15) is 11.6 Å². The van der Waals surface area contributed by atoms with Crippen LogP contribution in [0.15, 0.2) is 35.2 Å². The zero-order chi connectivity index (χ0) is 27.7. The second-order valence-corrected chi connectivity index (χ2v) is 16.2. The Morgan fingerprint density at radius 1 is 1.08 bits per heavy atom. The lowest BCUT2D eigenvalue weighted by atomic mass is 10.0. The topological polar surface area (TPSA) is 113 Å². The molecule has 0 unspecified atom stereocenters. The first-order chi connectivity index (χ1) is 18.4. The molecule has 1 aromatic carbocycles. The number of nitrogens with one attached hydrogen (secondary N) is 1. The molecule has 0 amide bonds. The number of aryl methyl sites for hydroxylation is 1. The molecule has 12 heteroatoms. The molecule has 3 aliphatic rings. The normalized spacial score (nSPS) is 18.7. The lowest BCUT2D eigenvalue weighted by Gasteiger charge is -2.23. The van der Waals surface area contributed by atoms with Gasteiger partial charge >= 0.3 is 0 Å². The first-order valence-electron chi connectivity index (χ1n) is 13.2. The number of fused-ring (bicyclic) bond motifs is 1. The maximum absolute atomic E-state index is 12.8. The fourth-order valence-electron chi connectivity index (χ4n) is 5.34. The molecular weight excluding hydrogens is 555 g/mol. The summed E-state index contributed by atoms with van der Waals surface area (Å²) in [5.41, 5.74) is 3.61. The van der Waals surface area contributed by atoms with E-state index in [2.05, 4.69) is 33.2 Å². The largest absolute Gasteiger partial charge is 0.316 e. The number of pyridine rings is 1. The van der Waals surface area contributed by atoms with E-state index in [4.69, 9.17) is 0 Å². The molecule has 6 rings (SSSR count). The molecule has 1 aliphatic heterocycles. The van der Waals surface area contributed by atoms with Crippen LogP contribution >= 0.6 is 11.3 Å². The number of anilines is 3. The Morgan fingerprint density at radius 3 is 2.49 bits per heavy atom. The quantitative estimate of drug-likeness (QED) is 0.383. The maximum atomic E-state index is 12.8. The van der Waals surface area contributed by atoms with E-state index in [0.29, 0.717) is 53.0 Å². The number of sulfone groups is 1. The summed E-state index contributed by atoms with van der Waals surface area (Å²) in [4.78, 5) is 12.9. The summed E-state index contributed by atoms with van der Waals surface area (Å²) in [5.74, 6) is 1.54. The molecule has 0 spiro atoms. The summed E-state index contributed by atoms with van der Waals surface area (Å²) in [5, 5.41) is 3.49. The van der Waals surface area contributed by atoms with E-state index in [-0.39, 0.29) is 5.25 Å². The van der Waals surface area contributed by atoms with Crippen LogP contribution in [-0.2, 0) is 33.0 Å². The van der Waals surface area contributed by atoms with Gasteiger partial charge in [0.15, 0.2) is 15.0 Å². The van der Waals surface area contributed by atoms with E-state index >= 15 is 0 Å². The van der Waals surface area contributed by atoms with Crippen LogP contribution < -0.4 is 9.62 Å². The molecule has 2 fully saturated rings. The third-order valence-corrected chi connectivity index (χ3v) is 12.5. The van der Waals surface area contributed by atoms with Crippen LogP contribution in [-0.4, -0.2) is 56.3 Å². The van der Waals surface area contributed by atoms with E-state index < -0.39 is 19.9 Å². The van der Waals surface area contributed by atoms with Gasteiger partial charge in [0.2, 0.25) is 10.0 Å². The zero-order valence-corrected chi connectivity index (χ0v) is 25.0. The first kappa shape index (κ1) is 26.7. The Balaban J connectivity index is 1.29. The molecule has 3 heterocycles. The number of rotatable bonds is 9. The second kappa shape index (κ2) is 9.53. The van der Waals surface area contributed by atoms with Crippen LogP contribution in [0.2, 0.25) is 0 Å². The molecule has 0 radical (unpaired) electrons. The highest BCUT2D eigenvalue weighted by Gasteiger charge is 2.39. The highest BCUT2D eigenvalue weighted by molar-refractivity contribution is 7.93. The monoisotopic (exact) mass is 587 g/mol.